The van der Waals surface area contributed by atoms with Crippen molar-refractivity contribution in [2.45, 2.75) is 25.1 Å². The van der Waals surface area contributed by atoms with Crippen LogP contribution in [0.1, 0.15) is 18.9 Å². The summed E-state index contributed by atoms with van der Waals surface area (Å²) in [5.41, 5.74) is 1.52. The van der Waals surface area contributed by atoms with Crippen LogP contribution in [-0.2, 0) is 25.4 Å². The lowest BCUT2D eigenvalue weighted by molar-refractivity contribution is -0.119. The molecule has 7 nitrogen and oxygen atoms in total. The van der Waals surface area contributed by atoms with Crippen molar-refractivity contribution in [2.75, 3.05) is 23.8 Å². The largest absolute Gasteiger partial charge is 0.324 e. The Hall–Kier alpha value is -2.13. The van der Waals surface area contributed by atoms with Crippen molar-refractivity contribution in [1.82, 2.24) is 4.31 Å². The maximum Gasteiger partial charge on any atom is 0.242 e. The Morgan fingerprint density at radius 1 is 1.20 bits per heavy atom. The zero-order chi connectivity index (χ0) is 22.1. The molecule has 10 heteroatoms. The second-order valence-electron chi connectivity index (χ2n) is 7.14. The Balaban J connectivity index is 1.80. The summed E-state index contributed by atoms with van der Waals surface area (Å²) in [7, 11) is -2.44. The fourth-order valence-corrected chi connectivity index (χ4v) is 4.73. The third-order valence-electron chi connectivity index (χ3n) is 4.79. The lowest BCUT2D eigenvalue weighted by Crippen LogP contribution is -2.45. The lowest BCUT2D eigenvalue weighted by atomic mass is 10.1. The summed E-state index contributed by atoms with van der Waals surface area (Å²) in [4.78, 5) is 26.6. The number of hydrogen-bond acceptors (Lipinski definition) is 4. The minimum Gasteiger partial charge on any atom is -0.324 e. The predicted octanol–water partition coefficient (Wildman–Crippen LogP) is 3.52. The summed E-state index contributed by atoms with van der Waals surface area (Å²) < 4.78 is 26.6. The van der Waals surface area contributed by atoms with Crippen molar-refractivity contribution in [3.05, 3.63) is 58.1 Å². The molecular weight excluding hydrogens is 449 g/mol. The summed E-state index contributed by atoms with van der Waals surface area (Å²) >= 11 is 11.8. The molecule has 3 rings (SSSR count). The molecule has 0 saturated carbocycles. The SMILES string of the molecule is CC1CC(=O)Nc2ccccc2N1C(=O)CN(C)S(=O)(=O)Cc1ccc(Cl)c(Cl)c1. The summed E-state index contributed by atoms with van der Waals surface area (Å²) in [5, 5.41) is 3.37. The molecule has 0 radical (unpaired) electrons. The molecule has 0 aromatic heterocycles. The van der Waals surface area contributed by atoms with E-state index in [0.717, 1.165) is 4.31 Å². The first-order chi connectivity index (χ1) is 14.1. The zero-order valence-corrected chi connectivity index (χ0v) is 18.8. The van der Waals surface area contributed by atoms with E-state index in [-0.39, 0.29) is 29.6 Å². The highest BCUT2D eigenvalue weighted by atomic mass is 35.5. The van der Waals surface area contributed by atoms with E-state index < -0.39 is 22.0 Å². The van der Waals surface area contributed by atoms with Crippen molar-refractivity contribution >= 4 is 56.4 Å². The van der Waals surface area contributed by atoms with Crippen molar-refractivity contribution in [3.63, 3.8) is 0 Å². The Kier molecular flexibility index (Phi) is 6.71. The van der Waals surface area contributed by atoms with E-state index in [2.05, 4.69) is 5.32 Å². The normalized spacial score (nSPS) is 16.8. The number of para-hydroxylation sites is 2. The second kappa shape index (κ2) is 8.93. The number of nitrogens with zero attached hydrogens (tertiary/aromatic N) is 2. The molecule has 160 valence electrons. The number of carbonyl (C=O) groups is 2. The van der Waals surface area contributed by atoms with Gasteiger partial charge in [-0.15, -0.1) is 0 Å². The van der Waals surface area contributed by atoms with Crippen LogP contribution in [0.25, 0.3) is 0 Å². The number of sulfonamides is 1. The molecule has 1 aliphatic heterocycles. The van der Waals surface area contributed by atoms with Gasteiger partial charge < -0.3 is 10.2 Å². The predicted molar refractivity (Wildman–Crippen MR) is 118 cm³/mol. The number of anilines is 2. The highest BCUT2D eigenvalue weighted by Crippen LogP contribution is 2.31. The number of fused-ring (bicyclic) bond motifs is 1. The maximum atomic E-state index is 13.1. The highest BCUT2D eigenvalue weighted by molar-refractivity contribution is 7.88. The van der Waals surface area contributed by atoms with Gasteiger partial charge in [-0.3, -0.25) is 9.59 Å². The summed E-state index contributed by atoms with van der Waals surface area (Å²) in [6.07, 6.45) is 0.111. The van der Waals surface area contributed by atoms with Crippen LogP contribution in [-0.4, -0.2) is 44.2 Å². The minimum absolute atomic E-state index is 0.111. The van der Waals surface area contributed by atoms with E-state index >= 15 is 0 Å². The fraction of sp³-hybridized carbons (Fsp3) is 0.300. The van der Waals surface area contributed by atoms with Gasteiger partial charge in [-0.25, -0.2) is 8.42 Å². The molecule has 30 heavy (non-hydrogen) atoms. The number of benzene rings is 2. The molecule has 1 unspecified atom stereocenters. The van der Waals surface area contributed by atoms with Crippen molar-refractivity contribution in [3.8, 4) is 0 Å². The third kappa shape index (κ3) is 4.95. The van der Waals surface area contributed by atoms with Crippen LogP contribution in [0.15, 0.2) is 42.5 Å². The summed E-state index contributed by atoms with van der Waals surface area (Å²) in [5.74, 6) is -0.947. The van der Waals surface area contributed by atoms with Gasteiger partial charge in [0.1, 0.15) is 0 Å². The number of carbonyl (C=O) groups excluding carboxylic acids is 2. The molecule has 0 fully saturated rings. The van der Waals surface area contributed by atoms with Gasteiger partial charge in [0.15, 0.2) is 0 Å². The van der Waals surface area contributed by atoms with E-state index in [0.29, 0.717) is 22.0 Å². The van der Waals surface area contributed by atoms with Gasteiger partial charge in [0.05, 0.1) is 33.7 Å². The molecule has 1 heterocycles. The maximum absolute atomic E-state index is 13.1. The quantitative estimate of drug-likeness (QED) is 0.725. The number of likely N-dealkylation sites (N-methyl/N-ethyl adjacent to an activating group) is 1. The number of amides is 2. The first-order valence-corrected chi connectivity index (χ1v) is 11.5. The lowest BCUT2D eigenvalue weighted by Gasteiger charge is -2.29. The number of halogens is 2. The van der Waals surface area contributed by atoms with E-state index in [1.165, 1.54) is 24.1 Å². The fourth-order valence-electron chi connectivity index (χ4n) is 3.28. The average molecular weight is 470 g/mol. The van der Waals surface area contributed by atoms with Crippen LogP contribution in [0, 0.1) is 0 Å². The van der Waals surface area contributed by atoms with E-state index in [1.807, 2.05) is 0 Å². The molecule has 0 bridgehead atoms. The topological polar surface area (TPSA) is 86.8 Å². The van der Waals surface area contributed by atoms with Crippen LogP contribution in [0.3, 0.4) is 0 Å². The zero-order valence-electron chi connectivity index (χ0n) is 16.4. The van der Waals surface area contributed by atoms with Crippen LogP contribution < -0.4 is 10.2 Å². The van der Waals surface area contributed by atoms with Crippen LogP contribution in [0.2, 0.25) is 10.0 Å². The molecule has 0 aliphatic carbocycles. The molecule has 1 N–H and O–H groups in total. The van der Waals surface area contributed by atoms with Gasteiger partial charge in [-0.2, -0.15) is 4.31 Å². The Morgan fingerprint density at radius 2 is 1.90 bits per heavy atom. The molecule has 2 aromatic carbocycles. The number of rotatable bonds is 5. The Bertz CT molecular complexity index is 1090. The second-order valence-corrected chi connectivity index (χ2v) is 10.0. The average Bonchev–Trinajstić information content (AvgIpc) is 2.78. The summed E-state index contributed by atoms with van der Waals surface area (Å²) in [6.45, 7) is 1.39. The van der Waals surface area contributed by atoms with Gasteiger partial charge in [0.2, 0.25) is 21.8 Å². The standard InChI is InChI=1S/C20H21Cl2N3O4S/c1-13-9-19(26)23-17-5-3-4-6-18(17)25(13)20(27)11-24(2)30(28,29)12-14-7-8-15(21)16(22)10-14/h3-8,10,13H,9,11-12H2,1-2H3,(H,23,26). The molecular formula is C20H21Cl2N3O4S. The van der Waals surface area contributed by atoms with E-state index in [1.54, 1.807) is 37.3 Å². The smallest absolute Gasteiger partial charge is 0.242 e. The molecule has 0 spiro atoms. The molecule has 1 aliphatic rings. The van der Waals surface area contributed by atoms with Gasteiger partial charge in [0, 0.05) is 19.5 Å². The number of hydrogen-bond donors (Lipinski definition) is 1. The van der Waals surface area contributed by atoms with Gasteiger partial charge in [0.25, 0.3) is 0 Å². The van der Waals surface area contributed by atoms with E-state index in [4.69, 9.17) is 23.2 Å². The van der Waals surface area contributed by atoms with Crippen molar-refractivity contribution in [1.29, 1.82) is 0 Å². The van der Waals surface area contributed by atoms with Crippen molar-refractivity contribution in [2.24, 2.45) is 0 Å². The first-order valence-electron chi connectivity index (χ1n) is 9.17. The highest BCUT2D eigenvalue weighted by Gasteiger charge is 2.31. The van der Waals surface area contributed by atoms with Gasteiger partial charge >= 0.3 is 0 Å². The molecule has 2 amide bonds. The Labute approximate surface area is 185 Å². The van der Waals surface area contributed by atoms with Crippen LogP contribution >= 0.6 is 23.2 Å². The van der Waals surface area contributed by atoms with Crippen LogP contribution in [0.4, 0.5) is 11.4 Å². The van der Waals surface area contributed by atoms with Gasteiger partial charge in [-0.1, -0.05) is 41.4 Å². The van der Waals surface area contributed by atoms with Crippen LogP contribution in [0.5, 0.6) is 0 Å². The number of nitrogens with one attached hydrogen (secondary N) is 1. The minimum atomic E-state index is -3.79. The molecule has 1 atom stereocenters. The van der Waals surface area contributed by atoms with E-state index in [9.17, 15) is 18.0 Å². The monoisotopic (exact) mass is 469 g/mol. The van der Waals surface area contributed by atoms with Gasteiger partial charge in [-0.05, 0) is 36.8 Å². The van der Waals surface area contributed by atoms with Crippen molar-refractivity contribution < 1.29 is 18.0 Å². The summed E-state index contributed by atoms with van der Waals surface area (Å²) in [6, 6.07) is 11.1. The Morgan fingerprint density at radius 3 is 2.60 bits per heavy atom. The molecule has 2 aromatic rings. The first kappa shape index (κ1) is 22.6. The molecule has 0 saturated heterocycles. The third-order valence-corrected chi connectivity index (χ3v) is 7.31.